The molecule has 0 aromatic heterocycles. The first kappa shape index (κ1) is 37.7. The Morgan fingerprint density at radius 2 is 0.897 bits per heavy atom. The molecule has 0 aromatic carbocycles. The highest BCUT2D eigenvalue weighted by molar-refractivity contribution is 5.72. The normalized spacial score (nSPS) is 12.0. The number of carbonyl (C=O) groups excluding carboxylic acids is 2. The average molecular weight is 565 g/mol. The van der Waals surface area contributed by atoms with Crippen LogP contribution in [0.5, 0.6) is 0 Å². The smallest absolute Gasteiger partial charge is 0.308 e. The van der Waals surface area contributed by atoms with Crippen molar-refractivity contribution in [2.75, 3.05) is 92.5 Å². The molecular weight excluding hydrogens is 508 g/mol. The van der Waals surface area contributed by atoms with E-state index in [1.54, 1.807) is 0 Å². The van der Waals surface area contributed by atoms with Gasteiger partial charge in [0, 0.05) is 6.42 Å². The van der Waals surface area contributed by atoms with Crippen LogP contribution >= 0.6 is 0 Å². The fourth-order valence-electron chi connectivity index (χ4n) is 3.44. The quantitative estimate of drug-likeness (QED) is 0.0890. The number of unbranched alkanes of at least 4 members (excludes halogenated alkanes) is 4. The fourth-order valence-corrected chi connectivity index (χ4v) is 3.44. The number of carbonyl (C=O) groups is 2. The van der Waals surface area contributed by atoms with E-state index in [1.807, 2.05) is 6.92 Å². The van der Waals surface area contributed by atoms with Gasteiger partial charge < -0.3 is 37.9 Å². The largest absolute Gasteiger partial charge is 0.463 e. The van der Waals surface area contributed by atoms with Crippen molar-refractivity contribution in [2.24, 2.45) is 5.92 Å². The monoisotopic (exact) mass is 564 g/mol. The van der Waals surface area contributed by atoms with Gasteiger partial charge in [0.25, 0.3) is 0 Å². The van der Waals surface area contributed by atoms with E-state index >= 15 is 0 Å². The Labute approximate surface area is 236 Å². The van der Waals surface area contributed by atoms with E-state index in [9.17, 15) is 9.59 Å². The van der Waals surface area contributed by atoms with Crippen molar-refractivity contribution in [3.05, 3.63) is 0 Å². The van der Waals surface area contributed by atoms with Crippen molar-refractivity contribution < 1.29 is 47.5 Å². The van der Waals surface area contributed by atoms with Crippen LogP contribution in [0.3, 0.4) is 0 Å². The molecule has 0 amide bonds. The lowest BCUT2D eigenvalue weighted by atomic mass is 10.00. The topological polar surface area (TPSA) is 108 Å². The molecule has 0 bridgehead atoms. The standard InChI is InChI=1S/C29H56O10/c1-4-7-9-10-12-28(30)38-25-23-36-21-19-34-17-15-32-13-14-33-16-18-35-20-22-37-24-26-39-29(31)27(6-3)11-8-5-2/h27H,4-26H2,1-3H3. The van der Waals surface area contributed by atoms with Gasteiger partial charge in [-0.2, -0.15) is 0 Å². The minimum absolute atomic E-state index is 0.00177. The van der Waals surface area contributed by atoms with Crippen molar-refractivity contribution in [1.82, 2.24) is 0 Å². The Kier molecular flexibility index (Phi) is 30.2. The lowest BCUT2D eigenvalue weighted by Gasteiger charge is -2.13. The average Bonchev–Trinajstić information content (AvgIpc) is 2.94. The zero-order chi connectivity index (χ0) is 28.7. The molecule has 0 rings (SSSR count). The zero-order valence-electron chi connectivity index (χ0n) is 24.9. The van der Waals surface area contributed by atoms with Crippen molar-refractivity contribution in [2.45, 2.75) is 78.6 Å². The van der Waals surface area contributed by atoms with Gasteiger partial charge in [0.05, 0.1) is 85.2 Å². The van der Waals surface area contributed by atoms with Crippen LogP contribution in [0.25, 0.3) is 0 Å². The summed E-state index contributed by atoms with van der Waals surface area (Å²) < 4.78 is 43.0. The van der Waals surface area contributed by atoms with Crippen LogP contribution in [0.2, 0.25) is 0 Å². The second kappa shape index (κ2) is 31.2. The van der Waals surface area contributed by atoms with E-state index in [4.69, 9.17) is 37.9 Å². The SMILES string of the molecule is CCCCCCC(=O)OCCOCCOCCOCCOCCOCCOCCOC(=O)C(CC)CCCC. The Morgan fingerprint density at radius 1 is 0.487 bits per heavy atom. The highest BCUT2D eigenvalue weighted by atomic mass is 16.6. The second-order valence-electron chi connectivity index (χ2n) is 9.12. The zero-order valence-corrected chi connectivity index (χ0v) is 24.9. The molecule has 0 aliphatic heterocycles. The minimum atomic E-state index is -0.153. The summed E-state index contributed by atoms with van der Waals surface area (Å²) in [6, 6.07) is 0. The first-order chi connectivity index (χ1) is 19.2. The molecule has 0 aliphatic carbocycles. The Bertz CT molecular complexity index is 532. The summed E-state index contributed by atoms with van der Waals surface area (Å²) in [5.41, 5.74) is 0. The van der Waals surface area contributed by atoms with Crippen LogP contribution in [0, 0.1) is 5.92 Å². The predicted molar refractivity (Wildman–Crippen MR) is 149 cm³/mol. The van der Waals surface area contributed by atoms with E-state index in [1.165, 1.54) is 0 Å². The molecule has 0 saturated heterocycles. The maximum atomic E-state index is 12.0. The van der Waals surface area contributed by atoms with Crippen LogP contribution in [0.15, 0.2) is 0 Å². The molecule has 0 aliphatic rings. The first-order valence-corrected chi connectivity index (χ1v) is 14.9. The maximum Gasteiger partial charge on any atom is 0.308 e. The third-order valence-corrected chi connectivity index (χ3v) is 5.79. The van der Waals surface area contributed by atoms with Gasteiger partial charge in [-0.1, -0.05) is 52.9 Å². The summed E-state index contributed by atoms with van der Waals surface area (Å²) in [4.78, 5) is 23.5. The highest BCUT2D eigenvalue weighted by Crippen LogP contribution is 2.14. The van der Waals surface area contributed by atoms with Gasteiger partial charge in [0.2, 0.25) is 0 Å². The summed E-state index contributed by atoms with van der Waals surface area (Å²) in [5, 5.41) is 0. The van der Waals surface area contributed by atoms with Crippen LogP contribution in [-0.2, 0) is 47.5 Å². The molecule has 0 radical (unpaired) electrons. The molecule has 1 atom stereocenters. The minimum Gasteiger partial charge on any atom is -0.463 e. The molecule has 10 nitrogen and oxygen atoms in total. The summed E-state index contributed by atoms with van der Waals surface area (Å²) in [6.07, 6.45) is 8.60. The van der Waals surface area contributed by atoms with E-state index in [2.05, 4.69) is 13.8 Å². The maximum absolute atomic E-state index is 12.0. The lowest BCUT2D eigenvalue weighted by molar-refractivity contribution is -0.150. The van der Waals surface area contributed by atoms with Gasteiger partial charge in [-0.05, 0) is 19.3 Å². The predicted octanol–water partition coefficient (Wildman–Crippen LogP) is 4.36. The summed E-state index contributed by atoms with van der Waals surface area (Å²) >= 11 is 0. The summed E-state index contributed by atoms with van der Waals surface area (Å²) in [5.74, 6) is -0.275. The highest BCUT2D eigenvalue weighted by Gasteiger charge is 2.16. The van der Waals surface area contributed by atoms with Crippen molar-refractivity contribution in [3.63, 3.8) is 0 Å². The molecule has 0 fully saturated rings. The number of hydrogen-bond acceptors (Lipinski definition) is 10. The van der Waals surface area contributed by atoms with Gasteiger partial charge in [-0.15, -0.1) is 0 Å². The molecule has 0 N–H and O–H groups in total. The van der Waals surface area contributed by atoms with E-state index in [0.717, 1.165) is 51.4 Å². The molecule has 1 unspecified atom stereocenters. The number of rotatable bonds is 31. The summed E-state index contributed by atoms with van der Waals surface area (Å²) in [7, 11) is 0. The van der Waals surface area contributed by atoms with Gasteiger partial charge in [-0.3, -0.25) is 9.59 Å². The lowest BCUT2D eigenvalue weighted by Crippen LogP contribution is -2.20. The molecule has 232 valence electrons. The fraction of sp³-hybridized carbons (Fsp3) is 0.931. The third-order valence-electron chi connectivity index (χ3n) is 5.79. The molecular formula is C29H56O10. The van der Waals surface area contributed by atoms with Gasteiger partial charge in [-0.25, -0.2) is 0 Å². The summed E-state index contributed by atoms with van der Waals surface area (Å²) in [6.45, 7) is 12.3. The number of hydrogen-bond donors (Lipinski definition) is 0. The molecule has 10 heteroatoms. The van der Waals surface area contributed by atoms with Crippen molar-refractivity contribution in [1.29, 1.82) is 0 Å². The van der Waals surface area contributed by atoms with Gasteiger partial charge >= 0.3 is 11.9 Å². The molecule has 0 heterocycles. The van der Waals surface area contributed by atoms with Crippen LogP contribution in [0.4, 0.5) is 0 Å². The molecule has 39 heavy (non-hydrogen) atoms. The molecule has 0 spiro atoms. The first-order valence-electron chi connectivity index (χ1n) is 14.9. The number of esters is 2. The van der Waals surface area contributed by atoms with Crippen molar-refractivity contribution >= 4 is 11.9 Å². The van der Waals surface area contributed by atoms with Gasteiger partial charge in [0.15, 0.2) is 0 Å². The Morgan fingerprint density at radius 3 is 1.31 bits per heavy atom. The van der Waals surface area contributed by atoms with E-state index < -0.39 is 0 Å². The van der Waals surface area contributed by atoms with E-state index in [-0.39, 0.29) is 31.1 Å². The van der Waals surface area contributed by atoms with Crippen LogP contribution in [-0.4, -0.2) is 104 Å². The van der Waals surface area contributed by atoms with E-state index in [0.29, 0.717) is 85.7 Å². The molecule has 0 aromatic rings. The number of ether oxygens (including phenoxy) is 8. The second-order valence-corrected chi connectivity index (χ2v) is 9.12. The Balaban J connectivity index is 3.22. The Hall–Kier alpha value is -1.30. The van der Waals surface area contributed by atoms with Crippen LogP contribution < -0.4 is 0 Å². The third kappa shape index (κ3) is 28.0. The van der Waals surface area contributed by atoms with Crippen molar-refractivity contribution in [3.8, 4) is 0 Å². The van der Waals surface area contributed by atoms with Gasteiger partial charge in [0.1, 0.15) is 13.2 Å². The van der Waals surface area contributed by atoms with Crippen LogP contribution in [0.1, 0.15) is 78.6 Å². The molecule has 0 saturated carbocycles.